The smallest absolute Gasteiger partial charge is 0.296 e. The summed E-state index contributed by atoms with van der Waals surface area (Å²) in [5, 5.41) is 26.8. The van der Waals surface area contributed by atoms with Crippen LogP contribution in [0.4, 0.5) is 22.7 Å². The minimum absolute atomic E-state index is 0.0580. The molecular weight excluding hydrogens is 689 g/mol. The minimum Gasteiger partial charge on any atom is -0.505 e. The third kappa shape index (κ3) is 6.53. The van der Waals surface area contributed by atoms with Crippen LogP contribution in [-0.2, 0) is 30.4 Å². The summed E-state index contributed by atoms with van der Waals surface area (Å²) in [6.45, 7) is 0. The quantitative estimate of drug-likeness (QED) is 0.0824. The first-order valence-electron chi connectivity index (χ1n) is 13.3. The fourth-order valence-corrected chi connectivity index (χ4v) is 6.47. The number of hydrogen-bond acceptors (Lipinski definition) is 12. The number of hydrogen-bond donors (Lipinski definition) is 5. The predicted octanol–water partition coefficient (Wildman–Crippen LogP) is 6.66. The molecule has 5 N–H and O–H groups in total. The molecule has 0 unspecified atom stereocenters. The van der Waals surface area contributed by atoms with E-state index in [2.05, 4.69) is 30.4 Å². The molecule has 0 aliphatic carbocycles. The molecule has 16 nitrogen and oxygen atoms in total. The number of aromatic hydroxyl groups is 1. The van der Waals surface area contributed by atoms with Crippen LogP contribution >= 0.6 is 0 Å². The maximum absolute atomic E-state index is 12.4. The molecule has 0 spiro atoms. The van der Waals surface area contributed by atoms with E-state index in [0.717, 1.165) is 35.9 Å². The first kappa shape index (κ1) is 32.5. The lowest BCUT2D eigenvalue weighted by Crippen LogP contribution is -1.99. The Hall–Kier alpha value is -5.44. The fraction of sp³-hybridized carbons (Fsp3) is 0. The molecule has 6 rings (SSSR count). The average molecular weight is 709 g/mol. The second-order valence-electron chi connectivity index (χ2n) is 10.1. The highest BCUT2D eigenvalue weighted by Gasteiger charge is 2.25. The van der Waals surface area contributed by atoms with Gasteiger partial charge < -0.3 is 10.1 Å². The van der Waals surface area contributed by atoms with Crippen LogP contribution in [0, 0.1) is 0 Å². The summed E-state index contributed by atoms with van der Waals surface area (Å²) >= 11 is 0. The van der Waals surface area contributed by atoms with Gasteiger partial charge in [0.15, 0.2) is 5.75 Å². The number of nitrogens with zero attached hydrogens (tertiary/aromatic N) is 5. The van der Waals surface area contributed by atoms with E-state index in [0.29, 0.717) is 11.3 Å². The number of nitrogens with one attached hydrogen (secondary N) is 1. The van der Waals surface area contributed by atoms with Crippen LogP contribution < -0.4 is 0 Å². The molecule has 0 saturated carbocycles. The van der Waals surface area contributed by atoms with Gasteiger partial charge in [-0.1, -0.05) is 36.4 Å². The summed E-state index contributed by atoms with van der Waals surface area (Å²) in [6.07, 6.45) is 0. The number of azo groups is 2. The Labute approximate surface area is 271 Å². The van der Waals surface area contributed by atoms with Crippen LogP contribution in [0.5, 0.6) is 5.75 Å². The molecule has 0 radical (unpaired) electrons. The van der Waals surface area contributed by atoms with Gasteiger partial charge in [0.05, 0.1) is 27.2 Å². The van der Waals surface area contributed by atoms with Gasteiger partial charge in [0.2, 0.25) is 0 Å². The molecule has 0 amide bonds. The van der Waals surface area contributed by atoms with Crippen LogP contribution in [0.2, 0.25) is 0 Å². The van der Waals surface area contributed by atoms with E-state index in [-0.39, 0.29) is 32.6 Å². The molecule has 6 aromatic rings. The van der Waals surface area contributed by atoms with E-state index < -0.39 is 57.3 Å². The Balaban J connectivity index is 1.44. The number of H-pyrrole nitrogens is 1. The third-order valence-electron chi connectivity index (χ3n) is 6.89. The maximum Gasteiger partial charge on any atom is 0.296 e. The van der Waals surface area contributed by atoms with Crippen molar-refractivity contribution in [2.75, 3.05) is 0 Å². The van der Waals surface area contributed by atoms with E-state index in [1.165, 1.54) is 24.3 Å². The highest BCUT2D eigenvalue weighted by atomic mass is 32.2. The molecule has 0 atom stereocenters. The Morgan fingerprint density at radius 3 is 1.92 bits per heavy atom. The molecule has 0 bridgehead atoms. The molecule has 0 saturated heterocycles. The Morgan fingerprint density at radius 2 is 1.27 bits per heavy atom. The Bertz CT molecular complexity index is 2640. The van der Waals surface area contributed by atoms with Crippen molar-refractivity contribution in [2.24, 2.45) is 20.5 Å². The molecule has 1 aromatic heterocycles. The highest BCUT2D eigenvalue weighted by Crippen LogP contribution is 2.44. The molecule has 0 aliphatic heterocycles. The summed E-state index contributed by atoms with van der Waals surface area (Å²) in [5.41, 5.74) is 0.231. The van der Waals surface area contributed by atoms with Crippen molar-refractivity contribution in [1.82, 2.24) is 9.97 Å². The number of imidazole rings is 1. The summed E-state index contributed by atoms with van der Waals surface area (Å²) in [7, 11) is -14.4. The molecule has 5 aromatic carbocycles. The standard InChI is InChI=1S/C29H20N6O10S3/c36-28-25-17(6-12-22-26(25)31-29(30-22)16-4-2-1-3-5-16)14-24(48(43,44)45)27(28)35-34-21-13-9-19(15-23(21)47(40,41)42)33-32-18-7-10-20(11-8-18)46(37,38)39/h1-15,36H,(H,30,31)(H,37,38,39)(H,40,41,42)(H,43,44,45). The van der Waals surface area contributed by atoms with E-state index in [4.69, 9.17) is 4.55 Å². The van der Waals surface area contributed by atoms with Crippen molar-refractivity contribution in [2.45, 2.75) is 14.7 Å². The van der Waals surface area contributed by atoms with Gasteiger partial charge in [-0.05, 0) is 60.0 Å². The normalized spacial score (nSPS) is 12.9. The first-order chi connectivity index (χ1) is 22.6. The second-order valence-corrected chi connectivity index (χ2v) is 14.3. The number of aromatic nitrogens is 2. The van der Waals surface area contributed by atoms with E-state index in [1.54, 1.807) is 30.3 Å². The number of benzene rings is 5. The second kappa shape index (κ2) is 12.0. The van der Waals surface area contributed by atoms with Crippen LogP contribution in [0.3, 0.4) is 0 Å². The van der Waals surface area contributed by atoms with Crippen molar-refractivity contribution >= 4 is 74.9 Å². The van der Waals surface area contributed by atoms with E-state index >= 15 is 0 Å². The predicted molar refractivity (Wildman–Crippen MR) is 171 cm³/mol. The average Bonchev–Trinajstić information content (AvgIpc) is 3.47. The zero-order chi connectivity index (χ0) is 34.4. The van der Waals surface area contributed by atoms with Gasteiger partial charge in [0.25, 0.3) is 30.4 Å². The van der Waals surface area contributed by atoms with Crippen LogP contribution in [0.15, 0.2) is 126 Å². The zero-order valence-corrected chi connectivity index (χ0v) is 26.3. The summed E-state index contributed by atoms with van der Waals surface area (Å²) in [6, 6.07) is 20.9. The number of phenolic OH excluding ortho intramolecular Hbond substituents is 1. The molecule has 0 aliphatic rings. The molecule has 244 valence electrons. The van der Waals surface area contributed by atoms with Gasteiger partial charge in [-0.25, -0.2) is 4.98 Å². The monoisotopic (exact) mass is 708 g/mol. The van der Waals surface area contributed by atoms with E-state index in [9.17, 15) is 39.5 Å². The SMILES string of the molecule is O=S(=O)(O)c1ccc(N=Nc2ccc(N=Nc3c(S(=O)(=O)O)cc4ccc5[nH]c(-c6ccccc6)nc5c4c3O)c(S(=O)(=O)O)c2)cc1. The molecule has 48 heavy (non-hydrogen) atoms. The van der Waals surface area contributed by atoms with Crippen molar-refractivity contribution in [1.29, 1.82) is 0 Å². The zero-order valence-electron chi connectivity index (χ0n) is 23.9. The summed E-state index contributed by atoms with van der Waals surface area (Å²) in [5.74, 6) is -0.288. The fourth-order valence-electron chi connectivity index (χ4n) is 4.69. The number of fused-ring (bicyclic) bond motifs is 3. The lowest BCUT2D eigenvalue weighted by molar-refractivity contribution is 0.472. The molecule has 0 fully saturated rings. The summed E-state index contributed by atoms with van der Waals surface area (Å²) in [4.78, 5) is 5.64. The Kier molecular flexibility index (Phi) is 8.11. The first-order valence-corrected chi connectivity index (χ1v) is 17.7. The molecular formula is C29H20N6O10S3. The number of aromatic amines is 1. The van der Waals surface area contributed by atoms with Gasteiger partial charge in [-0.2, -0.15) is 35.5 Å². The van der Waals surface area contributed by atoms with Crippen molar-refractivity contribution in [3.05, 3.63) is 91.0 Å². The van der Waals surface area contributed by atoms with Crippen molar-refractivity contribution in [3.63, 3.8) is 0 Å². The van der Waals surface area contributed by atoms with Gasteiger partial charge >= 0.3 is 0 Å². The van der Waals surface area contributed by atoms with Crippen molar-refractivity contribution < 1.29 is 44.0 Å². The Morgan fingerprint density at radius 1 is 0.625 bits per heavy atom. The van der Waals surface area contributed by atoms with Crippen LogP contribution in [0.25, 0.3) is 33.2 Å². The lowest BCUT2D eigenvalue weighted by Gasteiger charge is -2.09. The number of rotatable bonds is 8. The topological polar surface area (TPSA) is 261 Å². The van der Waals surface area contributed by atoms with Crippen LogP contribution in [0.1, 0.15) is 0 Å². The van der Waals surface area contributed by atoms with Gasteiger partial charge in [-0.15, -0.1) is 10.2 Å². The van der Waals surface area contributed by atoms with Crippen LogP contribution in [-0.4, -0.2) is 54.0 Å². The van der Waals surface area contributed by atoms with Gasteiger partial charge in [-0.3, -0.25) is 13.7 Å². The van der Waals surface area contributed by atoms with Gasteiger partial charge in [0.1, 0.15) is 32.5 Å². The largest absolute Gasteiger partial charge is 0.505 e. The molecule has 19 heteroatoms. The van der Waals surface area contributed by atoms with Gasteiger partial charge in [0, 0.05) is 5.56 Å². The minimum atomic E-state index is -5.02. The third-order valence-corrected chi connectivity index (χ3v) is 9.51. The highest BCUT2D eigenvalue weighted by molar-refractivity contribution is 7.86. The lowest BCUT2D eigenvalue weighted by atomic mass is 10.1. The number of phenols is 1. The maximum atomic E-state index is 12.4. The molecule has 1 heterocycles. The van der Waals surface area contributed by atoms with Crippen molar-refractivity contribution in [3.8, 4) is 17.1 Å². The summed E-state index contributed by atoms with van der Waals surface area (Å²) < 4.78 is 101. The van der Waals surface area contributed by atoms with E-state index in [1.807, 2.05) is 6.07 Å².